The largest absolute Gasteiger partial charge is 0.493 e. The second-order valence-corrected chi connectivity index (χ2v) is 6.63. The standard InChI is InChI=1S/C21H18ClN5O2/c1-28-17-10-3-12(11-18(17)29-2)15-8-9-16-19(25-15)20(27-21(23)26-16)24-14-6-4-13(22)5-7-14/h3-11H,1-2H3,(H3,23,24,26,27). The fourth-order valence-electron chi connectivity index (χ4n) is 2.95. The van der Waals surface area contributed by atoms with E-state index in [9.17, 15) is 0 Å². The van der Waals surface area contributed by atoms with Crippen LogP contribution in [0.5, 0.6) is 11.5 Å². The monoisotopic (exact) mass is 407 g/mol. The van der Waals surface area contributed by atoms with Gasteiger partial charge >= 0.3 is 0 Å². The normalized spacial score (nSPS) is 10.7. The Hall–Kier alpha value is -3.58. The Bertz CT molecular complexity index is 1180. The van der Waals surface area contributed by atoms with Crippen LogP contribution in [0.4, 0.5) is 17.5 Å². The molecule has 0 aliphatic heterocycles. The van der Waals surface area contributed by atoms with Gasteiger partial charge in [-0.05, 0) is 54.6 Å². The summed E-state index contributed by atoms with van der Waals surface area (Å²) in [5.41, 5.74) is 9.54. The number of benzene rings is 2. The SMILES string of the molecule is COc1ccc(-c2ccc3nc(N)nc(Nc4ccc(Cl)cc4)c3n2)cc1OC. The van der Waals surface area contributed by atoms with E-state index < -0.39 is 0 Å². The molecule has 4 rings (SSSR count). The summed E-state index contributed by atoms with van der Waals surface area (Å²) in [4.78, 5) is 13.4. The van der Waals surface area contributed by atoms with E-state index in [0.29, 0.717) is 33.4 Å². The van der Waals surface area contributed by atoms with Crippen molar-refractivity contribution in [2.24, 2.45) is 0 Å². The van der Waals surface area contributed by atoms with Gasteiger partial charge in [0.25, 0.3) is 0 Å². The van der Waals surface area contributed by atoms with Crippen LogP contribution in [-0.4, -0.2) is 29.2 Å². The summed E-state index contributed by atoms with van der Waals surface area (Å²) in [6.45, 7) is 0. The van der Waals surface area contributed by atoms with Crippen LogP contribution < -0.4 is 20.5 Å². The zero-order valence-electron chi connectivity index (χ0n) is 15.8. The second-order valence-electron chi connectivity index (χ2n) is 6.20. The van der Waals surface area contributed by atoms with Crippen LogP contribution in [0.1, 0.15) is 0 Å². The number of rotatable bonds is 5. The zero-order chi connectivity index (χ0) is 20.4. The van der Waals surface area contributed by atoms with Gasteiger partial charge in [-0.2, -0.15) is 4.98 Å². The molecule has 0 radical (unpaired) electrons. The molecule has 2 heterocycles. The van der Waals surface area contributed by atoms with Crippen molar-refractivity contribution in [3.8, 4) is 22.8 Å². The molecule has 2 aromatic heterocycles. The Morgan fingerprint density at radius 3 is 2.34 bits per heavy atom. The van der Waals surface area contributed by atoms with E-state index in [0.717, 1.165) is 16.9 Å². The van der Waals surface area contributed by atoms with Crippen molar-refractivity contribution >= 4 is 40.1 Å². The maximum atomic E-state index is 5.96. The van der Waals surface area contributed by atoms with Crippen molar-refractivity contribution in [1.29, 1.82) is 0 Å². The smallest absolute Gasteiger partial charge is 0.222 e. The van der Waals surface area contributed by atoms with Gasteiger partial charge in [0.1, 0.15) is 5.52 Å². The summed E-state index contributed by atoms with van der Waals surface area (Å²) >= 11 is 5.96. The van der Waals surface area contributed by atoms with Crippen LogP contribution in [0, 0.1) is 0 Å². The molecule has 0 atom stereocenters. The summed E-state index contributed by atoms with van der Waals surface area (Å²) in [5, 5.41) is 3.89. The van der Waals surface area contributed by atoms with Crippen LogP contribution in [0.3, 0.4) is 0 Å². The third-order valence-electron chi connectivity index (χ3n) is 4.35. The number of nitrogens with one attached hydrogen (secondary N) is 1. The molecule has 0 amide bonds. The summed E-state index contributed by atoms with van der Waals surface area (Å²) in [7, 11) is 3.20. The first-order chi connectivity index (χ1) is 14.1. The predicted molar refractivity (Wildman–Crippen MR) is 115 cm³/mol. The van der Waals surface area contributed by atoms with Crippen LogP contribution in [0.15, 0.2) is 54.6 Å². The average Bonchev–Trinajstić information content (AvgIpc) is 2.74. The van der Waals surface area contributed by atoms with Gasteiger partial charge in [-0.15, -0.1) is 0 Å². The van der Waals surface area contributed by atoms with Crippen LogP contribution in [-0.2, 0) is 0 Å². The summed E-state index contributed by atoms with van der Waals surface area (Å²) in [6.07, 6.45) is 0. The molecule has 0 saturated heterocycles. The van der Waals surface area contributed by atoms with E-state index in [-0.39, 0.29) is 5.95 Å². The number of nitrogen functional groups attached to an aromatic ring is 1. The highest BCUT2D eigenvalue weighted by molar-refractivity contribution is 6.30. The number of nitrogens with two attached hydrogens (primary N) is 1. The molecule has 146 valence electrons. The van der Waals surface area contributed by atoms with E-state index in [2.05, 4.69) is 15.3 Å². The molecule has 0 aliphatic rings. The molecule has 8 heteroatoms. The molecule has 0 bridgehead atoms. The number of anilines is 3. The molecular formula is C21H18ClN5O2. The zero-order valence-corrected chi connectivity index (χ0v) is 16.6. The van der Waals surface area contributed by atoms with Crippen molar-refractivity contribution in [2.45, 2.75) is 0 Å². The topological polar surface area (TPSA) is 95.2 Å². The molecule has 0 spiro atoms. The van der Waals surface area contributed by atoms with Gasteiger partial charge in [0.15, 0.2) is 17.3 Å². The number of hydrogen-bond donors (Lipinski definition) is 2. The van der Waals surface area contributed by atoms with Crippen molar-refractivity contribution in [2.75, 3.05) is 25.3 Å². The molecule has 0 aliphatic carbocycles. The number of ether oxygens (including phenoxy) is 2. The minimum absolute atomic E-state index is 0.162. The van der Waals surface area contributed by atoms with Gasteiger partial charge < -0.3 is 20.5 Å². The van der Waals surface area contributed by atoms with E-state index in [1.54, 1.807) is 26.4 Å². The minimum atomic E-state index is 0.162. The maximum absolute atomic E-state index is 5.96. The Morgan fingerprint density at radius 2 is 1.62 bits per heavy atom. The molecule has 0 saturated carbocycles. The van der Waals surface area contributed by atoms with E-state index >= 15 is 0 Å². The molecule has 0 fully saturated rings. The fraction of sp³-hybridized carbons (Fsp3) is 0.0952. The van der Waals surface area contributed by atoms with Gasteiger partial charge in [-0.1, -0.05) is 11.6 Å². The molecule has 7 nitrogen and oxygen atoms in total. The van der Waals surface area contributed by atoms with Gasteiger partial charge in [0.05, 0.1) is 25.4 Å². The highest BCUT2D eigenvalue weighted by Gasteiger charge is 2.12. The number of pyridine rings is 1. The Labute approximate surface area is 172 Å². The first-order valence-corrected chi connectivity index (χ1v) is 9.14. The number of methoxy groups -OCH3 is 2. The van der Waals surface area contributed by atoms with Gasteiger partial charge in [0.2, 0.25) is 5.95 Å². The number of hydrogen-bond acceptors (Lipinski definition) is 7. The predicted octanol–water partition coefficient (Wildman–Crippen LogP) is 4.69. The van der Waals surface area contributed by atoms with Crippen molar-refractivity contribution in [3.63, 3.8) is 0 Å². The number of halogens is 1. The van der Waals surface area contributed by atoms with E-state index in [1.807, 2.05) is 42.5 Å². The number of fused-ring (bicyclic) bond motifs is 1. The summed E-state index contributed by atoms with van der Waals surface area (Å²) < 4.78 is 10.7. The van der Waals surface area contributed by atoms with Gasteiger partial charge in [0, 0.05) is 16.3 Å². The number of aromatic nitrogens is 3. The average molecular weight is 408 g/mol. The lowest BCUT2D eigenvalue weighted by atomic mass is 10.1. The Morgan fingerprint density at radius 1 is 0.862 bits per heavy atom. The number of nitrogens with zero attached hydrogens (tertiary/aromatic N) is 3. The van der Waals surface area contributed by atoms with Crippen molar-refractivity contribution in [3.05, 3.63) is 59.6 Å². The molecule has 2 aromatic carbocycles. The quantitative estimate of drug-likeness (QED) is 0.495. The lowest BCUT2D eigenvalue weighted by Crippen LogP contribution is -2.03. The van der Waals surface area contributed by atoms with Crippen LogP contribution in [0.25, 0.3) is 22.3 Å². The lowest BCUT2D eigenvalue weighted by molar-refractivity contribution is 0.355. The Balaban J connectivity index is 1.80. The molecule has 0 unspecified atom stereocenters. The highest BCUT2D eigenvalue weighted by Crippen LogP contribution is 2.33. The molecule has 3 N–H and O–H groups in total. The molecule has 4 aromatic rings. The van der Waals surface area contributed by atoms with Crippen LogP contribution >= 0.6 is 11.6 Å². The second kappa shape index (κ2) is 7.81. The molecular weight excluding hydrogens is 390 g/mol. The van der Waals surface area contributed by atoms with Crippen LogP contribution in [0.2, 0.25) is 5.02 Å². The van der Waals surface area contributed by atoms with Crippen molar-refractivity contribution < 1.29 is 9.47 Å². The lowest BCUT2D eigenvalue weighted by Gasteiger charge is -2.12. The van der Waals surface area contributed by atoms with Gasteiger partial charge in [-0.25, -0.2) is 9.97 Å². The third-order valence-corrected chi connectivity index (χ3v) is 4.60. The van der Waals surface area contributed by atoms with E-state index in [1.165, 1.54) is 0 Å². The summed E-state index contributed by atoms with van der Waals surface area (Å²) in [5.74, 6) is 1.95. The third kappa shape index (κ3) is 3.86. The summed E-state index contributed by atoms with van der Waals surface area (Å²) in [6, 6.07) is 16.7. The maximum Gasteiger partial charge on any atom is 0.222 e. The van der Waals surface area contributed by atoms with Gasteiger partial charge in [-0.3, -0.25) is 0 Å². The molecule has 29 heavy (non-hydrogen) atoms. The fourth-order valence-corrected chi connectivity index (χ4v) is 3.07. The highest BCUT2D eigenvalue weighted by atomic mass is 35.5. The Kier molecular flexibility index (Phi) is 5.05. The van der Waals surface area contributed by atoms with E-state index in [4.69, 9.17) is 31.8 Å². The first-order valence-electron chi connectivity index (χ1n) is 8.76. The first kappa shape index (κ1) is 18.8. The van der Waals surface area contributed by atoms with Crippen molar-refractivity contribution in [1.82, 2.24) is 15.0 Å². The minimum Gasteiger partial charge on any atom is -0.493 e.